The summed E-state index contributed by atoms with van der Waals surface area (Å²) in [5.74, 6) is 1.94. The maximum absolute atomic E-state index is 12.9. The molecule has 2 heterocycles. The van der Waals surface area contributed by atoms with Gasteiger partial charge in [0.2, 0.25) is 0 Å². The fraction of sp³-hybridized carbons (Fsp3) is 0.409. The largest absolute Gasteiger partial charge is 0.493 e. The molecule has 0 aliphatic carbocycles. The molecule has 0 amide bonds. The highest BCUT2D eigenvalue weighted by Crippen LogP contribution is 2.27. The maximum Gasteiger partial charge on any atom is 0.387 e. The van der Waals surface area contributed by atoms with Crippen LogP contribution in [0.1, 0.15) is 31.7 Å². The van der Waals surface area contributed by atoms with Crippen molar-refractivity contribution < 1.29 is 18.3 Å². The van der Waals surface area contributed by atoms with Gasteiger partial charge < -0.3 is 20.1 Å². The molecule has 0 unspecified atom stereocenters. The van der Waals surface area contributed by atoms with Gasteiger partial charge in [0, 0.05) is 37.3 Å². The van der Waals surface area contributed by atoms with Crippen molar-refractivity contribution in [1.29, 1.82) is 0 Å². The standard InChI is InChI=1S/C22H28F2N6O2.HI/c1-3-13-31-17-9-8-16(18(14-17)32-21(23)24)15-27-22(25-4-2)26-11-10-20-29-28-19-7-5-6-12-30(19)20;/h5-9,12,14,21H,3-4,10-11,13,15H2,1-2H3,(H2,25,26,27);1H. The predicted octanol–water partition coefficient (Wildman–Crippen LogP) is 4.04. The van der Waals surface area contributed by atoms with E-state index in [-0.39, 0.29) is 36.3 Å². The molecular weight excluding hydrogens is 545 g/mol. The van der Waals surface area contributed by atoms with E-state index in [0.717, 1.165) is 17.9 Å². The molecule has 0 saturated heterocycles. The van der Waals surface area contributed by atoms with Crippen LogP contribution in [0.25, 0.3) is 5.65 Å². The monoisotopic (exact) mass is 574 g/mol. The molecule has 0 atom stereocenters. The van der Waals surface area contributed by atoms with Gasteiger partial charge in [-0.25, -0.2) is 4.99 Å². The van der Waals surface area contributed by atoms with Crippen molar-refractivity contribution in [2.75, 3.05) is 19.7 Å². The number of aliphatic imine (C=N–C) groups is 1. The van der Waals surface area contributed by atoms with Gasteiger partial charge in [-0.15, -0.1) is 34.2 Å². The molecule has 0 aliphatic rings. The van der Waals surface area contributed by atoms with Gasteiger partial charge in [0.25, 0.3) is 0 Å². The molecule has 33 heavy (non-hydrogen) atoms. The van der Waals surface area contributed by atoms with Gasteiger partial charge in [0.05, 0.1) is 13.2 Å². The number of halogens is 3. The number of nitrogens with one attached hydrogen (secondary N) is 2. The maximum atomic E-state index is 12.9. The number of alkyl halides is 2. The third-order valence-corrected chi connectivity index (χ3v) is 4.50. The lowest BCUT2D eigenvalue weighted by atomic mass is 10.2. The molecule has 8 nitrogen and oxygen atoms in total. The normalized spacial score (nSPS) is 11.4. The van der Waals surface area contributed by atoms with E-state index >= 15 is 0 Å². The lowest BCUT2D eigenvalue weighted by Crippen LogP contribution is -2.38. The van der Waals surface area contributed by atoms with Crippen LogP contribution in [0.4, 0.5) is 8.78 Å². The Balaban J connectivity index is 0.00000385. The van der Waals surface area contributed by atoms with E-state index in [1.165, 1.54) is 6.07 Å². The first kappa shape index (κ1) is 26.6. The summed E-state index contributed by atoms with van der Waals surface area (Å²) in [5, 5.41) is 14.7. The molecule has 0 bridgehead atoms. The highest BCUT2D eigenvalue weighted by Gasteiger charge is 2.12. The fourth-order valence-corrected chi connectivity index (χ4v) is 3.04. The molecule has 2 N–H and O–H groups in total. The van der Waals surface area contributed by atoms with Crippen LogP contribution >= 0.6 is 24.0 Å². The SMILES string of the molecule is CCCOc1ccc(CN=C(NCC)NCCc2nnc3ccccn23)c(OC(F)F)c1.I. The molecule has 180 valence electrons. The zero-order valence-electron chi connectivity index (χ0n) is 18.6. The molecule has 2 aromatic heterocycles. The fourth-order valence-electron chi connectivity index (χ4n) is 3.04. The van der Waals surface area contributed by atoms with Crippen LogP contribution in [-0.2, 0) is 13.0 Å². The zero-order valence-corrected chi connectivity index (χ0v) is 21.0. The Kier molecular flexibility index (Phi) is 11.1. The minimum absolute atomic E-state index is 0. The van der Waals surface area contributed by atoms with Gasteiger partial charge in [0.1, 0.15) is 17.3 Å². The summed E-state index contributed by atoms with van der Waals surface area (Å²) < 4.78 is 37.9. The number of pyridine rings is 1. The first-order valence-electron chi connectivity index (χ1n) is 10.6. The molecule has 0 saturated carbocycles. The van der Waals surface area contributed by atoms with Gasteiger partial charge in [-0.2, -0.15) is 8.78 Å². The van der Waals surface area contributed by atoms with E-state index in [1.807, 2.05) is 42.6 Å². The van der Waals surface area contributed by atoms with Crippen LogP contribution in [-0.4, -0.2) is 46.9 Å². The van der Waals surface area contributed by atoms with Crippen molar-refractivity contribution in [3.63, 3.8) is 0 Å². The van der Waals surface area contributed by atoms with Gasteiger partial charge in [-0.1, -0.05) is 13.0 Å². The number of fused-ring (bicyclic) bond motifs is 1. The third kappa shape index (κ3) is 7.98. The van der Waals surface area contributed by atoms with Gasteiger partial charge in [-0.3, -0.25) is 4.40 Å². The Morgan fingerprint density at radius 2 is 2.00 bits per heavy atom. The second kappa shape index (κ2) is 13.8. The molecule has 0 fully saturated rings. The summed E-state index contributed by atoms with van der Waals surface area (Å²) in [5.41, 5.74) is 1.33. The number of aromatic nitrogens is 3. The molecule has 3 rings (SSSR count). The number of guanidine groups is 1. The van der Waals surface area contributed by atoms with Gasteiger partial charge in [0.15, 0.2) is 11.6 Å². The van der Waals surface area contributed by atoms with E-state index in [1.54, 1.807) is 12.1 Å². The molecule has 0 spiro atoms. The predicted molar refractivity (Wildman–Crippen MR) is 134 cm³/mol. The van der Waals surface area contributed by atoms with Crippen LogP contribution in [0.15, 0.2) is 47.6 Å². The molecule has 1 aromatic carbocycles. The van der Waals surface area contributed by atoms with Crippen molar-refractivity contribution in [3.05, 3.63) is 54.0 Å². The Morgan fingerprint density at radius 3 is 2.76 bits per heavy atom. The molecule has 3 aromatic rings. The smallest absolute Gasteiger partial charge is 0.387 e. The van der Waals surface area contributed by atoms with Crippen LogP contribution < -0.4 is 20.1 Å². The summed E-state index contributed by atoms with van der Waals surface area (Å²) in [6, 6.07) is 10.6. The van der Waals surface area contributed by atoms with Crippen molar-refractivity contribution in [1.82, 2.24) is 25.2 Å². The van der Waals surface area contributed by atoms with E-state index in [4.69, 9.17) is 4.74 Å². The Bertz CT molecular complexity index is 1030. The lowest BCUT2D eigenvalue weighted by Gasteiger charge is -2.14. The quantitative estimate of drug-likeness (QED) is 0.205. The van der Waals surface area contributed by atoms with Crippen molar-refractivity contribution in [2.45, 2.75) is 39.8 Å². The van der Waals surface area contributed by atoms with Crippen LogP contribution in [0.3, 0.4) is 0 Å². The zero-order chi connectivity index (χ0) is 22.8. The number of hydrogen-bond donors (Lipinski definition) is 2. The lowest BCUT2D eigenvalue weighted by molar-refractivity contribution is -0.0505. The number of rotatable bonds is 11. The molecule has 11 heteroatoms. The minimum atomic E-state index is -2.93. The number of hydrogen-bond acceptors (Lipinski definition) is 5. The average molecular weight is 574 g/mol. The Morgan fingerprint density at radius 1 is 1.15 bits per heavy atom. The topological polar surface area (TPSA) is 85.1 Å². The average Bonchev–Trinajstić information content (AvgIpc) is 3.19. The van der Waals surface area contributed by atoms with Crippen molar-refractivity contribution in [2.24, 2.45) is 4.99 Å². The van der Waals surface area contributed by atoms with E-state index in [0.29, 0.717) is 43.4 Å². The second-order valence-corrected chi connectivity index (χ2v) is 6.91. The summed E-state index contributed by atoms with van der Waals surface area (Å²) >= 11 is 0. The third-order valence-electron chi connectivity index (χ3n) is 4.50. The highest BCUT2D eigenvalue weighted by molar-refractivity contribution is 14.0. The molecule has 0 radical (unpaired) electrons. The molecule has 0 aliphatic heterocycles. The first-order chi connectivity index (χ1) is 15.6. The Labute approximate surface area is 208 Å². The summed E-state index contributed by atoms with van der Waals surface area (Å²) in [6.45, 7) is 2.90. The van der Waals surface area contributed by atoms with Crippen LogP contribution in [0.2, 0.25) is 0 Å². The van der Waals surface area contributed by atoms with E-state index < -0.39 is 6.61 Å². The minimum Gasteiger partial charge on any atom is -0.493 e. The number of nitrogens with zero attached hydrogens (tertiary/aromatic N) is 4. The highest BCUT2D eigenvalue weighted by atomic mass is 127. The van der Waals surface area contributed by atoms with Gasteiger partial charge in [-0.05, 0) is 37.6 Å². The number of benzene rings is 1. The first-order valence-corrected chi connectivity index (χ1v) is 10.6. The van der Waals surface area contributed by atoms with Crippen LogP contribution in [0.5, 0.6) is 11.5 Å². The van der Waals surface area contributed by atoms with Crippen molar-refractivity contribution >= 4 is 35.6 Å². The van der Waals surface area contributed by atoms with E-state index in [9.17, 15) is 8.78 Å². The summed E-state index contributed by atoms with van der Waals surface area (Å²) in [4.78, 5) is 4.51. The molecular formula is C22H29F2IN6O2. The summed E-state index contributed by atoms with van der Waals surface area (Å²) in [6.07, 6.45) is 3.38. The number of ether oxygens (including phenoxy) is 2. The van der Waals surface area contributed by atoms with Crippen LogP contribution in [0, 0.1) is 0 Å². The summed E-state index contributed by atoms with van der Waals surface area (Å²) in [7, 11) is 0. The Hall–Kier alpha value is -2.70. The second-order valence-electron chi connectivity index (χ2n) is 6.91. The van der Waals surface area contributed by atoms with E-state index in [2.05, 4.69) is 30.6 Å². The van der Waals surface area contributed by atoms with Crippen molar-refractivity contribution in [3.8, 4) is 11.5 Å². The van der Waals surface area contributed by atoms with Gasteiger partial charge >= 0.3 is 6.61 Å².